The fourth-order valence-electron chi connectivity index (χ4n) is 4.27. The summed E-state index contributed by atoms with van der Waals surface area (Å²) in [6.45, 7) is 3.64. The molecule has 2 aromatic carbocycles. The molecule has 0 radical (unpaired) electrons. The van der Waals surface area contributed by atoms with E-state index >= 15 is 0 Å². The topological polar surface area (TPSA) is 125 Å². The molecule has 1 fully saturated rings. The Labute approximate surface area is 223 Å². The molecule has 0 saturated carbocycles. The average molecular weight is 537 g/mol. The number of non-ortho nitro benzene ring substituents is 1. The van der Waals surface area contributed by atoms with Crippen LogP contribution in [0.25, 0.3) is 11.8 Å². The van der Waals surface area contributed by atoms with Crippen LogP contribution in [-0.2, 0) is 9.59 Å². The number of amides is 2. The van der Waals surface area contributed by atoms with E-state index in [9.17, 15) is 19.7 Å². The Morgan fingerprint density at radius 1 is 0.947 bits per heavy atom. The van der Waals surface area contributed by atoms with Crippen molar-refractivity contribution in [3.8, 4) is 22.9 Å². The van der Waals surface area contributed by atoms with E-state index in [0.717, 1.165) is 5.69 Å². The number of nitro groups is 1. The third kappa shape index (κ3) is 4.57. The second-order valence-electron chi connectivity index (χ2n) is 8.27. The molecule has 12 heteroatoms. The van der Waals surface area contributed by atoms with Gasteiger partial charge in [-0.1, -0.05) is 0 Å². The number of nitrogens with one attached hydrogen (secondary N) is 1. The lowest BCUT2D eigenvalue weighted by molar-refractivity contribution is -0.384. The Hall–Kier alpha value is -4.71. The molecule has 2 heterocycles. The Morgan fingerprint density at radius 3 is 2.24 bits per heavy atom. The standard InChI is InChI=1S/C26H24N4O7S/c1-14-10-16(15(2)28(14)20-8-6-17(30(33)34)12-22(20)36-4)11-19-24(31)27-26(38)29(25(19)32)21-9-7-18(35-3)13-23(21)37-5/h6-13H,1-5H3,(H,27,31,38)/b19-11+. The predicted molar refractivity (Wildman–Crippen MR) is 144 cm³/mol. The molecule has 4 rings (SSSR count). The summed E-state index contributed by atoms with van der Waals surface area (Å²) in [5.74, 6) is -0.106. The van der Waals surface area contributed by atoms with Crippen molar-refractivity contribution in [2.45, 2.75) is 13.8 Å². The third-order valence-electron chi connectivity index (χ3n) is 6.11. The van der Waals surface area contributed by atoms with E-state index < -0.39 is 16.7 Å². The van der Waals surface area contributed by atoms with E-state index in [1.54, 1.807) is 37.3 Å². The molecule has 3 aromatic rings. The molecule has 1 aliphatic heterocycles. The molecule has 1 aromatic heterocycles. The van der Waals surface area contributed by atoms with Gasteiger partial charge in [-0.2, -0.15) is 0 Å². The number of thiocarbonyl (C=S) groups is 1. The zero-order valence-electron chi connectivity index (χ0n) is 21.2. The first kappa shape index (κ1) is 26.4. The van der Waals surface area contributed by atoms with Gasteiger partial charge in [-0.15, -0.1) is 0 Å². The van der Waals surface area contributed by atoms with Crippen molar-refractivity contribution in [2.24, 2.45) is 0 Å². The van der Waals surface area contributed by atoms with E-state index in [-0.39, 0.29) is 16.4 Å². The van der Waals surface area contributed by atoms with E-state index in [1.165, 1.54) is 44.4 Å². The van der Waals surface area contributed by atoms with Crippen molar-refractivity contribution in [3.63, 3.8) is 0 Å². The normalized spacial score (nSPS) is 14.5. The Morgan fingerprint density at radius 2 is 1.61 bits per heavy atom. The largest absolute Gasteiger partial charge is 0.497 e. The lowest BCUT2D eigenvalue weighted by Gasteiger charge is -2.30. The summed E-state index contributed by atoms with van der Waals surface area (Å²) in [6, 6.07) is 11.0. The van der Waals surface area contributed by atoms with Crippen LogP contribution in [0.5, 0.6) is 17.2 Å². The molecule has 1 saturated heterocycles. The number of methoxy groups -OCH3 is 3. The smallest absolute Gasteiger partial charge is 0.273 e. The summed E-state index contributed by atoms with van der Waals surface area (Å²) in [4.78, 5) is 38.3. The van der Waals surface area contributed by atoms with Crippen LogP contribution in [0, 0.1) is 24.0 Å². The van der Waals surface area contributed by atoms with E-state index in [2.05, 4.69) is 5.32 Å². The maximum Gasteiger partial charge on any atom is 0.273 e. The van der Waals surface area contributed by atoms with Crippen molar-refractivity contribution in [2.75, 3.05) is 26.2 Å². The fraction of sp³-hybridized carbons (Fsp3) is 0.192. The second kappa shape index (κ2) is 10.3. The van der Waals surface area contributed by atoms with Gasteiger partial charge < -0.3 is 18.8 Å². The molecule has 38 heavy (non-hydrogen) atoms. The van der Waals surface area contributed by atoms with Crippen molar-refractivity contribution in [1.29, 1.82) is 0 Å². The Bertz CT molecular complexity index is 1530. The van der Waals surface area contributed by atoms with Crippen LogP contribution in [0.2, 0.25) is 0 Å². The maximum atomic E-state index is 13.6. The SMILES string of the molecule is COc1ccc(N2C(=O)/C(=C/c3cc(C)n(-c4ccc([N+](=O)[O-])cc4OC)c3C)C(=O)NC2=S)c(OC)c1. The number of ether oxygens (including phenoxy) is 3. The van der Waals surface area contributed by atoms with Gasteiger partial charge in [-0.05, 0) is 62.0 Å². The first-order valence-electron chi connectivity index (χ1n) is 11.3. The monoisotopic (exact) mass is 536 g/mol. The average Bonchev–Trinajstić information content (AvgIpc) is 3.18. The molecule has 1 N–H and O–H groups in total. The van der Waals surface area contributed by atoms with Crippen LogP contribution < -0.4 is 24.4 Å². The number of carbonyl (C=O) groups is 2. The van der Waals surface area contributed by atoms with Gasteiger partial charge in [0, 0.05) is 23.5 Å². The number of nitro benzene ring substituents is 1. The van der Waals surface area contributed by atoms with Gasteiger partial charge in [-0.25, -0.2) is 4.90 Å². The lowest BCUT2D eigenvalue weighted by Crippen LogP contribution is -2.54. The third-order valence-corrected chi connectivity index (χ3v) is 6.40. The van der Waals surface area contributed by atoms with Gasteiger partial charge in [0.2, 0.25) is 0 Å². The van der Waals surface area contributed by atoms with Gasteiger partial charge >= 0.3 is 0 Å². The number of benzene rings is 2. The summed E-state index contributed by atoms with van der Waals surface area (Å²) in [5.41, 5.74) is 2.71. The van der Waals surface area contributed by atoms with Crippen molar-refractivity contribution >= 4 is 46.6 Å². The summed E-state index contributed by atoms with van der Waals surface area (Å²) in [5, 5.41) is 13.7. The summed E-state index contributed by atoms with van der Waals surface area (Å²) < 4.78 is 17.9. The number of anilines is 1. The molecule has 196 valence electrons. The van der Waals surface area contributed by atoms with Crippen LogP contribution in [0.3, 0.4) is 0 Å². The molecule has 2 amide bonds. The van der Waals surface area contributed by atoms with Gasteiger partial charge in [0.1, 0.15) is 22.8 Å². The minimum absolute atomic E-state index is 0.0818. The first-order chi connectivity index (χ1) is 18.1. The zero-order chi connectivity index (χ0) is 27.7. The van der Waals surface area contributed by atoms with Crippen molar-refractivity contribution < 1.29 is 28.7 Å². The number of hydrogen-bond acceptors (Lipinski definition) is 8. The van der Waals surface area contributed by atoms with Crippen LogP contribution in [-0.4, -0.2) is 47.7 Å². The van der Waals surface area contributed by atoms with Crippen molar-refractivity contribution in [3.05, 3.63) is 75.1 Å². The van der Waals surface area contributed by atoms with E-state index in [0.29, 0.717) is 39.9 Å². The van der Waals surface area contributed by atoms with Crippen LogP contribution in [0.1, 0.15) is 17.0 Å². The van der Waals surface area contributed by atoms with Crippen LogP contribution >= 0.6 is 12.2 Å². The molecule has 0 spiro atoms. The molecule has 0 unspecified atom stereocenters. The van der Waals surface area contributed by atoms with Gasteiger partial charge in [0.05, 0.1) is 43.7 Å². The Balaban J connectivity index is 1.79. The highest BCUT2D eigenvalue weighted by molar-refractivity contribution is 7.80. The molecule has 0 aliphatic carbocycles. The number of rotatable bonds is 7. The van der Waals surface area contributed by atoms with Crippen molar-refractivity contribution in [1.82, 2.24) is 9.88 Å². The maximum absolute atomic E-state index is 13.6. The second-order valence-corrected chi connectivity index (χ2v) is 8.66. The molecular formula is C26H24N4O7S. The zero-order valence-corrected chi connectivity index (χ0v) is 22.0. The first-order valence-corrected chi connectivity index (χ1v) is 11.7. The number of aryl methyl sites for hydroxylation is 1. The van der Waals surface area contributed by atoms with Crippen LogP contribution in [0.15, 0.2) is 48.0 Å². The number of aromatic nitrogens is 1. The summed E-state index contributed by atoms with van der Waals surface area (Å²) in [7, 11) is 4.39. The molecule has 0 atom stereocenters. The number of carbonyl (C=O) groups excluding carboxylic acids is 2. The Kier molecular flexibility index (Phi) is 7.17. The van der Waals surface area contributed by atoms with Crippen LogP contribution in [0.4, 0.5) is 11.4 Å². The highest BCUT2D eigenvalue weighted by Crippen LogP contribution is 2.35. The molecular weight excluding hydrogens is 512 g/mol. The van der Waals surface area contributed by atoms with Gasteiger partial charge in [0.25, 0.3) is 17.5 Å². The molecule has 1 aliphatic rings. The highest BCUT2D eigenvalue weighted by atomic mass is 32.1. The quantitative estimate of drug-likeness (QED) is 0.159. The number of hydrogen-bond donors (Lipinski definition) is 1. The highest BCUT2D eigenvalue weighted by Gasteiger charge is 2.36. The molecule has 11 nitrogen and oxygen atoms in total. The van der Waals surface area contributed by atoms with Gasteiger partial charge in [-0.3, -0.25) is 25.0 Å². The molecule has 0 bridgehead atoms. The summed E-state index contributed by atoms with van der Waals surface area (Å²) in [6.07, 6.45) is 1.49. The lowest BCUT2D eigenvalue weighted by atomic mass is 10.1. The minimum Gasteiger partial charge on any atom is -0.497 e. The van der Waals surface area contributed by atoms with E-state index in [1.807, 2.05) is 11.5 Å². The minimum atomic E-state index is -0.638. The number of nitrogens with zero attached hydrogens (tertiary/aromatic N) is 3. The predicted octanol–water partition coefficient (Wildman–Crippen LogP) is 3.86. The summed E-state index contributed by atoms with van der Waals surface area (Å²) >= 11 is 5.31. The van der Waals surface area contributed by atoms with Gasteiger partial charge in [0.15, 0.2) is 5.11 Å². The fourth-order valence-corrected chi connectivity index (χ4v) is 4.54. The van der Waals surface area contributed by atoms with E-state index in [4.69, 9.17) is 26.4 Å².